The van der Waals surface area contributed by atoms with Crippen molar-refractivity contribution in [2.24, 2.45) is 0 Å². The highest BCUT2D eigenvalue weighted by Gasteiger charge is 2.19. The van der Waals surface area contributed by atoms with Crippen LogP contribution in [0.5, 0.6) is 0 Å². The molecule has 0 bridgehead atoms. The highest BCUT2D eigenvalue weighted by Crippen LogP contribution is 2.19. The van der Waals surface area contributed by atoms with Crippen LogP contribution in [0.4, 0.5) is 0 Å². The van der Waals surface area contributed by atoms with Gasteiger partial charge < -0.3 is 14.2 Å². The van der Waals surface area contributed by atoms with Gasteiger partial charge in [0.15, 0.2) is 6.10 Å². The average Bonchev–Trinajstić information content (AvgIpc) is 3.47. The molecular weight excluding hydrogens is 1010 g/mol. The highest BCUT2D eigenvalue weighted by atomic mass is 16.6. The molecule has 0 heterocycles. The van der Waals surface area contributed by atoms with Gasteiger partial charge >= 0.3 is 17.9 Å². The molecule has 0 N–H and O–H groups in total. The summed E-state index contributed by atoms with van der Waals surface area (Å²) in [5.41, 5.74) is 0. The summed E-state index contributed by atoms with van der Waals surface area (Å²) in [6, 6.07) is 0. The summed E-state index contributed by atoms with van der Waals surface area (Å²) in [6.07, 6.45) is 89.3. The van der Waals surface area contributed by atoms with Crippen LogP contribution >= 0.6 is 0 Å². The standard InChI is InChI=1S/C76H142O6/c1-4-7-10-13-16-19-21-23-25-27-29-31-32-33-34-35-36-37-38-39-40-41-42-43-44-46-47-49-51-53-55-57-60-63-66-69-75(78)81-72-73(71-80-74(77)68-65-62-59-18-15-12-9-6-3)82-76(79)70-67-64-61-58-56-54-52-50-48-45-30-28-26-24-22-20-17-14-11-8-5-2/h21,23,27-30,73H,4-20,22,24-26,31-72H2,1-3H3/b23-21-,29-27-,30-28-. The number of rotatable bonds is 69. The predicted molar refractivity (Wildman–Crippen MR) is 358 cm³/mol. The molecule has 0 saturated heterocycles. The summed E-state index contributed by atoms with van der Waals surface area (Å²) >= 11 is 0. The van der Waals surface area contributed by atoms with Crippen LogP contribution in [0.2, 0.25) is 0 Å². The van der Waals surface area contributed by atoms with Crippen LogP contribution < -0.4 is 0 Å². The van der Waals surface area contributed by atoms with Crippen LogP contribution in [0.1, 0.15) is 412 Å². The van der Waals surface area contributed by atoms with Crippen LogP contribution in [-0.2, 0) is 28.6 Å². The lowest BCUT2D eigenvalue weighted by Crippen LogP contribution is -2.30. The summed E-state index contributed by atoms with van der Waals surface area (Å²) < 4.78 is 16.9. The van der Waals surface area contributed by atoms with E-state index >= 15 is 0 Å². The Morgan fingerprint density at radius 1 is 0.244 bits per heavy atom. The number of esters is 3. The van der Waals surface area contributed by atoms with Crippen molar-refractivity contribution in [2.45, 2.75) is 419 Å². The van der Waals surface area contributed by atoms with E-state index in [1.165, 1.54) is 308 Å². The normalized spacial score (nSPS) is 12.2. The second-order valence-electron chi connectivity index (χ2n) is 25.2. The van der Waals surface area contributed by atoms with Crippen molar-refractivity contribution in [1.29, 1.82) is 0 Å². The molecule has 0 saturated carbocycles. The molecule has 6 nitrogen and oxygen atoms in total. The van der Waals surface area contributed by atoms with Crippen LogP contribution in [0.25, 0.3) is 0 Å². The third-order valence-electron chi connectivity index (χ3n) is 16.9. The molecular formula is C76H142O6. The van der Waals surface area contributed by atoms with Gasteiger partial charge in [0.05, 0.1) is 0 Å². The molecule has 6 heteroatoms. The van der Waals surface area contributed by atoms with E-state index in [0.717, 1.165) is 64.2 Å². The summed E-state index contributed by atoms with van der Waals surface area (Å²) in [5, 5.41) is 0. The van der Waals surface area contributed by atoms with Gasteiger partial charge in [0.25, 0.3) is 0 Å². The minimum Gasteiger partial charge on any atom is -0.462 e. The smallest absolute Gasteiger partial charge is 0.306 e. The SMILES string of the molecule is CCCCCCC/C=C\C/C=C\CCCCCCCCCCCCCCCCCCCCCCCCCC(=O)OCC(COC(=O)CCCCCCCCCC)OC(=O)CCCCCCCCCCC/C=C\CCCCCCCCCC. The topological polar surface area (TPSA) is 78.9 Å². The molecule has 0 rings (SSSR count). The minimum absolute atomic E-state index is 0.0667. The molecule has 0 radical (unpaired) electrons. The van der Waals surface area contributed by atoms with Crippen molar-refractivity contribution < 1.29 is 28.6 Å². The third-order valence-corrected chi connectivity index (χ3v) is 16.9. The van der Waals surface area contributed by atoms with E-state index < -0.39 is 6.10 Å². The summed E-state index contributed by atoms with van der Waals surface area (Å²) in [4.78, 5) is 38.2. The van der Waals surface area contributed by atoms with Crippen molar-refractivity contribution in [3.8, 4) is 0 Å². The molecule has 0 aliphatic rings. The first-order valence-electron chi connectivity index (χ1n) is 37.0. The average molecular weight is 1150 g/mol. The molecule has 0 aliphatic heterocycles. The van der Waals surface area contributed by atoms with Gasteiger partial charge in [-0.3, -0.25) is 14.4 Å². The van der Waals surface area contributed by atoms with Gasteiger partial charge in [-0.25, -0.2) is 0 Å². The van der Waals surface area contributed by atoms with E-state index in [0.29, 0.717) is 19.3 Å². The Labute approximate surface area is 512 Å². The van der Waals surface area contributed by atoms with E-state index in [9.17, 15) is 14.4 Å². The Morgan fingerprint density at radius 3 is 0.683 bits per heavy atom. The zero-order valence-electron chi connectivity index (χ0n) is 55.5. The van der Waals surface area contributed by atoms with Gasteiger partial charge in [-0.1, -0.05) is 353 Å². The van der Waals surface area contributed by atoms with E-state index in [-0.39, 0.29) is 31.1 Å². The molecule has 482 valence electrons. The Kier molecular flexibility index (Phi) is 69.1. The first kappa shape index (κ1) is 79.6. The van der Waals surface area contributed by atoms with E-state index in [2.05, 4.69) is 57.2 Å². The zero-order valence-corrected chi connectivity index (χ0v) is 55.5. The number of unbranched alkanes of at least 4 members (excludes halogenated alkanes) is 52. The minimum atomic E-state index is -0.768. The van der Waals surface area contributed by atoms with Gasteiger partial charge in [0, 0.05) is 19.3 Å². The van der Waals surface area contributed by atoms with Gasteiger partial charge in [0.2, 0.25) is 0 Å². The first-order valence-corrected chi connectivity index (χ1v) is 37.0. The number of ether oxygens (including phenoxy) is 3. The fourth-order valence-electron chi connectivity index (χ4n) is 11.3. The second kappa shape index (κ2) is 71.1. The predicted octanol–water partition coefficient (Wildman–Crippen LogP) is 25.5. The van der Waals surface area contributed by atoms with Crippen LogP contribution in [-0.4, -0.2) is 37.2 Å². The van der Waals surface area contributed by atoms with Crippen LogP contribution in [0.15, 0.2) is 36.5 Å². The van der Waals surface area contributed by atoms with E-state index in [1.54, 1.807) is 0 Å². The molecule has 82 heavy (non-hydrogen) atoms. The Hall–Kier alpha value is -2.37. The third kappa shape index (κ3) is 68.4. The zero-order chi connectivity index (χ0) is 59.2. The number of hydrogen-bond donors (Lipinski definition) is 0. The maximum absolute atomic E-state index is 12.9. The Balaban J connectivity index is 3.97. The molecule has 0 aliphatic carbocycles. The van der Waals surface area contributed by atoms with Crippen molar-refractivity contribution in [2.75, 3.05) is 13.2 Å². The molecule has 0 aromatic carbocycles. The summed E-state index contributed by atoms with van der Waals surface area (Å²) in [6.45, 7) is 6.67. The highest BCUT2D eigenvalue weighted by molar-refractivity contribution is 5.71. The largest absolute Gasteiger partial charge is 0.462 e. The van der Waals surface area contributed by atoms with E-state index in [4.69, 9.17) is 14.2 Å². The maximum Gasteiger partial charge on any atom is 0.306 e. The molecule has 1 unspecified atom stereocenters. The number of carbonyl (C=O) groups is 3. The van der Waals surface area contributed by atoms with E-state index in [1.807, 2.05) is 0 Å². The summed E-state index contributed by atoms with van der Waals surface area (Å²) in [7, 11) is 0. The fraction of sp³-hybridized carbons (Fsp3) is 0.882. The van der Waals surface area contributed by atoms with Crippen molar-refractivity contribution in [3.63, 3.8) is 0 Å². The molecule has 0 spiro atoms. The van der Waals surface area contributed by atoms with Crippen molar-refractivity contribution >= 4 is 17.9 Å². The Bertz CT molecular complexity index is 1370. The molecule has 0 amide bonds. The molecule has 0 fully saturated rings. The van der Waals surface area contributed by atoms with Crippen LogP contribution in [0.3, 0.4) is 0 Å². The lowest BCUT2D eigenvalue weighted by molar-refractivity contribution is -0.167. The number of allylic oxidation sites excluding steroid dienone is 6. The lowest BCUT2D eigenvalue weighted by atomic mass is 10.0. The maximum atomic E-state index is 12.9. The lowest BCUT2D eigenvalue weighted by Gasteiger charge is -2.18. The van der Waals surface area contributed by atoms with Gasteiger partial charge in [0.1, 0.15) is 13.2 Å². The molecule has 0 aromatic heterocycles. The van der Waals surface area contributed by atoms with Gasteiger partial charge in [-0.2, -0.15) is 0 Å². The summed E-state index contributed by atoms with van der Waals surface area (Å²) in [5.74, 6) is -0.845. The second-order valence-corrected chi connectivity index (χ2v) is 25.2. The van der Waals surface area contributed by atoms with Crippen molar-refractivity contribution in [3.05, 3.63) is 36.5 Å². The number of carbonyl (C=O) groups excluding carboxylic acids is 3. The monoisotopic (exact) mass is 1150 g/mol. The van der Waals surface area contributed by atoms with Crippen LogP contribution in [0, 0.1) is 0 Å². The first-order chi connectivity index (χ1) is 40.5. The molecule has 0 aromatic rings. The van der Waals surface area contributed by atoms with Crippen molar-refractivity contribution in [1.82, 2.24) is 0 Å². The quantitative estimate of drug-likeness (QED) is 0.0261. The fourth-order valence-corrected chi connectivity index (χ4v) is 11.3. The molecule has 1 atom stereocenters. The van der Waals surface area contributed by atoms with Gasteiger partial charge in [-0.05, 0) is 77.0 Å². The van der Waals surface area contributed by atoms with Gasteiger partial charge in [-0.15, -0.1) is 0 Å². The number of hydrogen-bond acceptors (Lipinski definition) is 6. The Morgan fingerprint density at radius 2 is 0.439 bits per heavy atom.